The molecule has 4 unspecified atom stereocenters. The Kier molecular flexibility index (Phi) is 6.92. The molecule has 3 amide bonds. The molecule has 4 rings (SSSR count). The first-order chi connectivity index (χ1) is 17.6. The summed E-state index contributed by atoms with van der Waals surface area (Å²) in [6.45, 7) is 0.354. The van der Waals surface area contributed by atoms with Gasteiger partial charge in [-0.05, 0) is 30.7 Å². The van der Waals surface area contributed by atoms with Crippen LogP contribution in [0, 0.1) is 10.1 Å². The highest BCUT2D eigenvalue weighted by molar-refractivity contribution is 6.23. The minimum absolute atomic E-state index is 0.121. The average molecular weight is 513 g/mol. The third-order valence-corrected chi connectivity index (χ3v) is 6.35. The van der Waals surface area contributed by atoms with E-state index in [9.17, 15) is 39.5 Å². The first kappa shape index (κ1) is 25.7. The molecule has 194 valence electrons. The maximum Gasteiger partial charge on any atom is 0.331 e. The summed E-state index contributed by atoms with van der Waals surface area (Å²) in [4.78, 5) is 63.7. The van der Waals surface area contributed by atoms with Crippen LogP contribution in [0.5, 0.6) is 5.75 Å². The number of nitro groups is 1. The van der Waals surface area contributed by atoms with Gasteiger partial charge in [0.15, 0.2) is 6.04 Å². The van der Waals surface area contributed by atoms with Crippen molar-refractivity contribution in [2.75, 3.05) is 13.7 Å². The molecule has 1 saturated heterocycles. The molecule has 0 radical (unpaired) electrons. The van der Waals surface area contributed by atoms with E-state index in [-0.39, 0.29) is 17.7 Å². The molecular formula is C24H23N3O10. The molecule has 0 aliphatic carbocycles. The first-order valence-corrected chi connectivity index (χ1v) is 11.2. The van der Waals surface area contributed by atoms with Crippen LogP contribution >= 0.6 is 0 Å². The van der Waals surface area contributed by atoms with Crippen molar-refractivity contribution in [2.45, 2.75) is 37.8 Å². The lowest BCUT2D eigenvalue weighted by Crippen LogP contribution is -2.77. The van der Waals surface area contributed by atoms with Crippen LogP contribution < -0.4 is 4.74 Å². The smallest absolute Gasteiger partial charge is 0.331 e. The van der Waals surface area contributed by atoms with Gasteiger partial charge in [-0.3, -0.25) is 29.4 Å². The Morgan fingerprint density at radius 2 is 1.76 bits per heavy atom. The third-order valence-electron chi connectivity index (χ3n) is 6.35. The van der Waals surface area contributed by atoms with Crippen molar-refractivity contribution in [3.63, 3.8) is 0 Å². The van der Waals surface area contributed by atoms with Gasteiger partial charge in [-0.2, -0.15) is 0 Å². The topological polar surface area (TPSA) is 177 Å². The molecule has 2 aromatic carbocycles. The van der Waals surface area contributed by atoms with Crippen molar-refractivity contribution in [1.82, 2.24) is 9.80 Å². The van der Waals surface area contributed by atoms with Gasteiger partial charge in [0.1, 0.15) is 18.4 Å². The van der Waals surface area contributed by atoms with E-state index in [1.165, 1.54) is 14.0 Å². The number of methoxy groups -OCH3 is 1. The molecule has 2 N–H and O–H groups in total. The Bertz CT molecular complexity index is 1280. The molecule has 2 aliphatic rings. The van der Waals surface area contributed by atoms with Gasteiger partial charge in [0, 0.05) is 12.1 Å². The quantitative estimate of drug-likeness (QED) is 0.155. The number of amides is 3. The highest BCUT2D eigenvalue weighted by Gasteiger charge is 2.59. The number of benzene rings is 2. The Morgan fingerprint density at radius 1 is 1.11 bits per heavy atom. The maximum atomic E-state index is 13.2. The molecule has 13 nitrogen and oxygen atoms in total. The van der Waals surface area contributed by atoms with E-state index in [1.54, 1.807) is 24.3 Å². The zero-order valence-corrected chi connectivity index (χ0v) is 19.8. The second kappa shape index (κ2) is 9.95. The number of β-lactam (4-membered cyclic amide) rings is 1. The summed E-state index contributed by atoms with van der Waals surface area (Å²) in [5.74, 6) is -3.01. The zero-order valence-electron chi connectivity index (χ0n) is 19.8. The second-order valence-corrected chi connectivity index (χ2v) is 8.55. The highest BCUT2D eigenvalue weighted by atomic mass is 16.6. The zero-order chi connectivity index (χ0) is 27.0. The monoisotopic (exact) mass is 513 g/mol. The summed E-state index contributed by atoms with van der Waals surface area (Å²) in [5.41, 5.74) is -0.154. The van der Waals surface area contributed by atoms with E-state index < -0.39 is 65.1 Å². The largest absolute Gasteiger partial charge is 0.497 e. The summed E-state index contributed by atoms with van der Waals surface area (Å²) in [5, 5.41) is 31.4. The molecule has 0 saturated carbocycles. The number of ether oxygens (including phenoxy) is 2. The molecule has 2 aliphatic heterocycles. The number of nitro benzene ring substituents is 1. The molecule has 0 spiro atoms. The molecule has 2 aromatic rings. The number of hydrogen-bond acceptors (Lipinski definition) is 10. The van der Waals surface area contributed by atoms with Crippen LogP contribution in [0.2, 0.25) is 0 Å². The number of likely N-dealkylation sites (tertiary alicyclic amines) is 1. The molecule has 2 heterocycles. The van der Waals surface area contributed by atoms with E-state index in [0.29, 0.717) is 16.2 Å². The lowest BCUT2D eigenvalue weighted by molar-refractivity contribution is -0.384. The summed E-state index contributed by atoms with van der Waals surface area (Å²) in [6.07, 6.45) is -1.41. The van der Waals surface area contributed by atoms with Gasteiger partial charge in [0.25, 0.3) is 17.5 Å². The SMILES string of the molecule is COc1ccc(COC(=O)C(C(C)O)N2C(=O)C(N3C(=O)c4ccc([N+](=O)[O-])cc4C3=O)C2CO)cc1. The number of imide groups is 1. The van der Waals surface area contributed by atoms with Crippen LogP contribution in [0.15, 0.2) is 42.5 Å². The van der Waals surface area contributed by atoms with Gasteiger partial charge in [-0.25, -0.2) is 4.79 Å². The molecule has 37 heavy (non-hydrogen) atoms. The Hall–Kier alpha value is -4.36. The third kappa shape index (κ3) is 4.38. The van der Waals surface area contributed by atoms with Crippen molar-refractivity contribution in [3.05, 3.63) is 69.3 Å². The maximum absolute atomic E-state index is 13.2. The van der Waals surface area contributed by atoms with Crippen molar-refractivity contribution < 1.29 is 43.8 Å². The van der Waals surface area contributed by atoms with E-state index in [1.807, 2.05) is 0 Å². The Morgan fingerprint density at radius 3 is 2.32 bits per heavy atom. The van der Waals surface area contributed by atoms with E-state index in [2.05, 4.69) is 0 Å². The van der Waals surface area contributed by atoms with E-state index in [4.69, 9.17) is 9.47 Å². The Balaban J connectivity index is 1.52. The normalized spacial score (nSPS) is 20.3. The van der Waals surface area contributed by atoms with Gasteiger partial charge in [-0.15, -0.1) is 0 Å². The first-order valence-electron chi connectivity index (χ1n) is 11.2. The van der Waals surface area contributed by atoms with Crippen molar-refractivity contribution >= 4 is 29.4 Å². The number of rotatable bonds is 9. The van der Waals surface area contributed by atoms with Gasteiger partial charge >= 0.3 is 5.97 Å². The second-order valence-electron chi connectivity index (χ2n) is 8.55. The van der Waals surface area contributed by atoms with Gasteiger partial charge in [-0.1, -0.05) is 12.1 Å². The number of nitrogens with zero attached hydrogens (tertiary/aromatic N) is 3. The fraction of sp³-hybridized carbons (Fsp3) is 0.333. The Labute approximate surface area is 209 Å². The number of hydrogen-bond donors (Lipinski definition) is 2. The number of non-ortho nitro benzene ring substituents is 1. The number of carbonyl (C=O) groups is 4. The highest BCUT2D eigenvalue weighted by Crippen LogP contribution is 2.36. The van der Waals surface area contributed by atoms with Gasteiger partial charge < -0.3 is 24.6 Å². The number of aliphatic hydroxyl groups excluding tert-OH is 2. The lowest BCUT2D eigenvalue weighted by Gasteiger charge is -2.51. The molecular weight excluding hydrogens is 490 g/mol. The van der Waals surface area contributed by atoms with Crippen molar-refractivity contribution in [2.24, 2.45) is 0 Å². The van der Waals surface area contributed by atoms with Crippen LogP contribution in [0.3, 0.4) is 0 Å². The predicted octanol–water partition coefficient (Wildman–Crippen LogP) is 0.264. The van der Waals surface area contributed by atoms with Crippen molar-refractivity contribution in [1.29, 1.82) is 0 Å². The minimum Gasteiger partial charge on any atom is -0.497 e. The molecule has 0 bridgehead atoms. The van der Waals surface area contributed by atoms with Crippen LogP contribution in [-0.4, -0.2) is 86.6 Å². The van der Waals surface area contributed by atoms with Crippen LogP contribution in [0.25, 0.3) is 0 Å². The van der Waals surface area contributed by atoms with Gasteiger partial charge in [0.05, 0.1) is 41.9 Å². The summed E-state index contributed by atoms with van der Waals surface area (Å²) in [7, 11) is 1.50. The fourth-order valence-corrected chi connectivity index (χ4v) is 4.48. The summed E-state index contributed by atoms with van der Waals surface area (Å²) < 4.78 is 10.4. The van der Waals surface area contributed by atoms with Crippen LogP contribution in [0.1, 0.15) is 33.2 Å². The predicted molar refractivity (Wildman–Crippen MR) is 123 cm³/mol. The van der Waals surface area contributed by atoms with E-state index in [0.717, 1.165) is 23.1 Å². The molecule has 4 atom stereocenters. The number of esters is 1. The average Bonchev–Trinajstić information content (AvgIpc) is 3.12. The molecule has 1 fully saturated rings. The summed E-state index contributed by atoms with van der Waals surface area (Å²) >= 11 is 0. The van der Waals surface area contributed by atoms with Crippen LogP contribution in [-0.2, 0) is 20.9 Å². The van der Waals surface area contributed by atoms with Crippen LogP contribution in [0.4, 0.5) is 5.69 Å². The summed E-state index contributed by atoms with van der Waals surface area (Å²) in [6, 6.07) is 5.59. The molecule has 0 aromatic heterocycles. The number of fused-ring (bicyclic) bond motifs is 1. The van der Waals surface area contributed by atoms with E-state index >= 15 is 0 Å². The minimum atomic E-state index is -1.52. The van der Waals surface area contributed by atoms with Crippen molar-refractivity contribution in [3.8, 4) is 5.75 Å². The number of aliphatic hydroxyl groups is 2. The number of carbonyl (C=O) groups excluding carboxylic acids is 4. The standard InChI is InChI=1S/C24H23N3O10/c1-12(29)19(24(33)37-11-13-3-6-15(36-2)7-4-13)25-18(10-28)20(23(25)32)26-21(30)16-8-5-14(27(34)35)9-17(16)22(26)31/h3-9,12,18-20,28-29H,10-11H2,1-2H3. The van der Waals surface area contributed by atoms with Gasteiger partial charge in [0.2, 0.25) is 5.91 Å². The lowest BCUT2D eigenvalue weighted by atomic mass is 9.90. The molecule has 13 heteroatoms. The fourth-order valence-electron chi connectivity index (χ4n) is 4.48.